The van der Waals surface area contributed by atoms with E-state index in [1.54, 1.807) is 16.8 Å². The van der Waals surface area contributed by atoms with Gasteiger partial charge in [0.2, 0.25) is 11.8 Å². The average Bonchev–Trinajstić information content (AvgIpc) is 3.12. The van der Waals surface area contributed by atoms with Crippen molar-refractivity contribution in [1.82, 2.24) is 9.88 Å². The van der Waals surface area contributed by atoms with Crippen LogP contribution in [0.25, 0.3) is 0 Å². The van der Waals surface area contributed by atoms with Crippen molar-refractivity contribution in [3.8, 4) is 0 Å². The lowest BCUT2D eigenvalue weighted by atomic mass is 10.0. The molecular formula is C16H28Cl2N4O2S. The number of likely N-dealkylation sites (N-methyl/N-ethyl adjacent to an activating group) is 1. The molecule has 0 radical (unpaired) electrons. The summed E-state index contributed by atoms with van der Waals surface area (Å²) in [6.07, 6.45) is 2.54. The van der Waals surface area contributed by atoms with Crippen LogP contribution in [0.1, 0.15) is 38.8 Å². The highest BCUT2D eigenvalue weighted by molar-refractivity contribution is 7.14. The third-order valence-corrected chi connectivity index (χ3v) is 5.17. The predicted molar refractivity (Wildman–Crippen MR) is 107 cm³/mol. The van der Waals surface area contributed by atoms with Crippen molar-refractivity contribution in [2.24, 2.45) is 11.7 Å². The number of amides is 2. The van der Waals surface area contributed by atoms with Gasteiger partial charge in [-0.05, 0) is 18.8 Å². The standard InChI is InChI=1S/C16H26N4O2S.2ClH/c1-11(2)13(17)6-8-19(3)15(22)9-12-10-23-16(18-12)20-7-4-5-14(20)21;;/h10-11,13H,4-9,17H2,1-3H3;2*1H. The fourth-order valence-electron chi connectivity index (χ4n) is 2.44. The third kappa shape index (κ3) is 6.73. The number of nitrogens with zero attached hydrogens (tertiary/aromatic N) is 3. The van der Waals surface area contributed by atoms with Gasteiger partial charge in [0.25, 0.3) is 0 Å². The van der Waals surface area contributed by atoms with E-state index in [-0.39, 0.29) is 49.1 Å². The van der Waals surface area contributed by atoms with Crippen LogP contribution in [0.15, 0.2) is 5.38 Å². The van der Waals surface area contributed by atoms with Crippen LogP contribution in [0.2, 0.25) is 0 Å². The zero-order chi connectivity index (χ0) is 17.0. The van der Waals surface area contributed by atoms with E-state index in [0.29, 0.717) is 24.0 Å². The minimum Gasteiger partial charge on any atom is -0.345 e. The topological polar surface area (TPSA) is 79.5 Å². The third-order valence-electron chi connectivity index (χ3n) is 4.26. The molecule has 0 spiro atoms. The van der Waals surface area contributed by atoms with E-state index in [4.69, 9.17) is 5.73 Å². The summed E-state index contributed by atoms with van der Waals surface area (Å²) < 4.78 is 0. The second-order valence-electron chi connectivity index (χ2n) is 6.46. The number of thiazole rings is 1. The Labute approximate surface area is 166 Å². The van der Waals surface area contributed by atoms with Gasteiger partial charge in [-0.15, -0.1) is 36.2 Å². The van der Waals surface area contributed by atoms with E-state index >= 15 is 0 Å². The highest BCUT2D eigenvalue weighted by Gasteiger charge is 2.24. The average molecular weight is 411 g/mol. The Hall–Kier alpha value is -0.890. The van der Waals surface area contributed by atoms with Gasteiger partial charge in [-0.2, -0.15) is 0 Å². The number of hydrogen-bond acceptors (Lipinski definition) is 5. The summed E-state index contributed by atoms with van der Waals surface area (Å²) in [6.45, 7) is 5.55. The smallest absolute Gasteiger partial charge is 0.228 e. The van der Waals surface area contributed by atoms with Crippen molar-refractivity contribution in [3.05, 3.63) is 11.1 Å². The van der Waals surface area contributed by atoms with Crippen LogP contribution in [0, 0.1) is 5.92 Å². The van der Waals surface area contributed by atoms with E-state index in [1.165, 1.54) is 11.3 Å². The zero-order valence-corrected chi connectivity index (χ0v) is 17.4. The molecule has 0 bridgehead atoms. The minimum absolute atomic E-state index is 0. The Morgan fingerprint density at radius 3 is 2.68 bits per heavy atom. The molecule has 2 heterocycles. The summed E-state index contributed by atoms with van der Waals surface area (Å²) in [6, 6.07) is 0.109. The second-order valence-corrected chi connectivity index (χ2v) is 7.30. The van der Waals surface area contributed by atoms with E-state index < -0.39 is 0 Å². The van der Waals surface area contributed by atoms with Gasteiger partial charge >= 0.3 is 0 Å². The number of carbonyl (C=O) groups is 2. The molecule has 1 aromatic heterocycles. The molecule has 1 aliphatic rings. The minimum atomic E-state index is 0. The molecule has 1 unspecified atom stereocenters. The summed E-state index contributed by atoms with van der Waals surface area (Å²) >= 11 is 1.43. The molecule has 1 saturated heterocycles. The van der Waals surface area contributed by atoms with Crippen molar-refractivity contribution in [2.45, 2.75) is 45.6 Å². The van der Waals surface area contributed by atoms with Crippen molar-refractivity contribution >= 4 is 53.1 Å². The Balaban J connectivity index is 0.00000288. The van der Waals surface area contributed by atoms with Crippen LogP contribution in [-0.2, 0) is 16.0 Å². The number of rotatable bonds is 7. The lowest BCUT2D eigenvalue weighted by Gasteiger charge is -2.21. The number of hydrogen-bond donors (Lipinski definition) is 1. The van der Waals surface area contributed by atoms with E-state index in [9.17, 15) is 9.59 Å². The lowest BCUT2D eigenvalue weighted by Crippen LogP contribution is -2.35. The Bertz CT molecular complexity index is 568. The molecule has 1 aromatic rings. The lowest BCUT2D eigenvalue weighted by molar-refractivity contribution is -0.129. The maximum absolute atomic E-state index is 12.3. The van der Waals surface area contributed by atoms with Crippen LogP contribution in [0.5, 0.6) is 0 Å². The molecule has 2 rings (SSSR count). The summed E-state index contributed by atoms with van der Waals surface area (Å²) in [5.41, 5.74) is 6.75. The quantitative estimate of drug-likeness (QED) is 0.748. The first kappa shape index (κ1) is 24.1. The number of halogens is 2. The molecule has 1 atom stereocenters. The maximum atomic E-state index is 12.3. The summed E-state index contributed by atoms with van der Waals surface area (Å²) in [5, 5.41) is 2.58. The van der Waals surface area contributed by atoms with Gasteiger partial charge in [0, 0.05) is 38.0 Å². The highest BCUT2D eigenvalue weighted by Crippen LogP contribution is 2.25. The molecule has 2 amide bonds. The van der Waals surface area contributed by atoms with Gasteiger partial charge in [0.05, 0.1) is 12.1 Å². The normalized spacial score (nSPS) is 14.9. The van der Waals surface area contributed by atoms with E-state index in [1.807, 2.05) is 5.38 Å². The number of nitrogens with two attached hydrogens (primary N) is 1. The van der Waals surface area contributed by atoms with Gasteiger partial charge < -0.3 is 10.6 Å². The number of anilines is 1. The molecule has 25 heavy (non-hydrogen) atoms. The second kappa shape index (κ2) is 11.0. The fourth-order valence-corrected chi connectivity index (χ4v) is 3.31. The maximum Gasteiger partial charge on any atom is 0.228 e. The molecule has 0 saturated carbocycles. The van der Waals surface area contributed by atoms with E-state index in [0.717, 1.165) is 25.1 Å². The predicted octanol–water partition coefficient (Wildman–Crippen LogP) is 2.49. The molecule has 6 nitrogen and oxygen atoms in total. The van der Waals surface area contributed by atoms with Crippen LogP contribution in [0.4, 0.5) is 5.13 Å². The van der Waals surface area contributed by atoms with Crippen molar-refractivity contribution in [2.75, 3.05) is 25.0 Å². The molecule has 2 N–H and O–H groups in total. The first-order valence-electron chi connectivity index (χ1n) is 8.12. The SMILES string of the molecule is CC(C)C(N)CCN(C)C(=O)Cc1csc(N2CCCC2=O)n1.Cl.Cl. The Kier molecular flexibility index (Phi) is 10.6. The van der Waals surface area contributed by atoms with Gasteiger partial charge in [0.1, 0.15) is 0 Å². The Morgan fingerprint density at radius 2 is 2.12 bits per heavy atom. The zero-order valence-electron chi connectivity index (χ0n) is 14.9. The van der Waals surface area contributed by atoms with Crippen LogP contribution in [0.3, 0.4) is 0 Å². The monoisotopic (exact) mass is 410 g/mol. The first-order chi connectivity index (χ1) is 10.9. The van der Waals surface area contributed by atoms with Gasteiger partial charge in [-0.1, -0.05) is 13.8 Å². The summed E-state index contributed by atoms with van der Waals surface area (Å²) in [4.78, 5) is 31.8. The largest absolute Gasteiger partial charge is 0.345 e. The molecule has 1 fully saturated rings. The molecular weight excluding hydrogens is 383 g/mol. The fraction of sp³-hybridized carbons (Fsp3) is 0.688. The van der Waals surface area contributed by atoms with Gasteiger partial charge in [0.15, 0.2) is 5.13 Å². The van der Waals surface area contributed by atoms with Crippen molar-refractivity contribution < 1.29 is 9.59 Å². The highest BCUT2D eigenvalue weighted by atomic mass is 35.5. The summed E-state index contributed by atoms with van der Waals surface area (Å²) in [5.74, 6) is 0.570. The molecule has 0 aliphatic carbocycles. The van der Waals surface area contributed by atoms with E-state index in [2.05, 4.69) is 18.8 Å². The van der Waals surface area contributed by atoms with Crippen LogP contribution < -0.4 is 10.6 Å². The number of carbonyl (C=O) groups excluding carboxylic acids is 2. The van der Waals surface area contributed by atoms with Crippen molar-refractivity contribution in [1.29, 1.82) is 0 Å². The van der Waals surface area contributed by atoms with Gasteiger partial charge in [-0.3, -0.25) is 14.5 Å². The Morgan fingerprint density at radius 1 is 1.44 bits per heavy atom. The molecule has 144 valence electrons. The number of aromatic nitrogens is 1. The van der Waals surface area contributed by atoms with Crippen LogP contribution >= 0.6 is 36.2 Å². The van der Waals surface area contributed by atoms with Gasteiger partial charge in [-0.25, -0.2) is 4.98 Å². The molecule has 9 heteroatoms. The van der Waals surface area contributed by atoms with Crippen molar-refractivity contribution in [3.63, 3.8) is 0 Å². The molecule has 1 aliphatic heterocycles. The first-order valence-corrected chi connectivity index (χ1v) is 9.00. The summed E-state index contributed by atoms with van der Waals surface area (Å²) in [7, 11) is 1.80. The van der Waals surface area contributed by atoms with Crippen LogP contribution in [-0.4, -0.2) is 47.9 Å². The molecule has 0 aromatic carbocycles.